The minimum atomic E-state index is 0.868. The van der Waals surface area contributed by atoms with Gasteiger partial charge in [0.1, 0.15) is 18.0 Å². The standard InChI is InChI=1S/C11H21N5/c1-4-12-10-8-11(15-9-14-10)13-6-5-7-16(2)3/h8-9H,4-7H2,1-3H3,(H2,12,13,14,15). The van der Waals surface area contributed by atoms with Crippen molar-refractivity contribution in [1.29, 1.82) is 0 Å². The van der Waals surface area contributed by atoms with Crippen LogP contribution in [0.4, 0.5) is 11.6 Å². The molecule has 0 aliphatic heterocycles. The summed E-state index contributed by atoms with van der Waals surface area (Å²) in [5.41, 5.74) is 0. The third-order valence-corrected chi connectivity index (χ3v) is 2.11. The highest BCUT2D eigenvalue weighted by molar-refractivity contribution is 5.46. The van der Waals surface area contributed by atoms with Gasteiger partial charge >= 0.3 is 0 Å². The Morgan fingerprint density at radius 2 is 1.88 bits per heavy atom. The Kier molecular flexibility index (Phi) is 5.56. The molecule has 0 fully saturated rings. The summed E-state index contributed by atoms with van der Waals surface area (Å²) in [6.07, 6.45) is 2.68. The van der Waals surface area contributed by atoms with Crippen molar-refractivity contribution < 1.29 is 0 Å². The van der Waals surface area contributed by atoms with Crippen LogP contribution in [0.25, 0.3) is 0 Å². The van der Waals surface area contributed by atoms with E-state index in [9.17, 15) is 0 Å². The molecule has 16 heavy (non-hydrogen) atoms. The molecular weight excluding hydrogens is 202 g/mol. The van der Waals surface area contributed by atoms with Gasteiger partial charge in [0.05, 0.1) is 0 Å². The second-order valence-electron chi connectivity index (χ2n) is 3.90. The SMILES string of the molecule is CCNc1cc(NCCCN(C)C)ncn1. The molecule has 0 saturated heterocycles. The molecule has 0 bridgehead atoms. The highest BCUT2D eigenvalue weighted by Crippen LogP contribution is 2.07. The van der Waals surface area contributed by atoms with Crippen molar-refractivity contribution in [2.75, 3.05) is 44.4 Å². The topological polar surface area (TPSA) is 53.1 Å². The molecule has 0 amide bonds. The largest absolute Gasteiger partial charge is 0.370 e. The van der Waals surface area contributed by atoms with Gasteiger partial charge in [0.25, 0.3) is 0 Å². The molecule has 1 heterocycles. The van der Waals surface area contributed by atoms with E-state index in [0.29, 0.717) is 0 Å². The van der Waals surface area contributed by atoms with Crippen LogP contribution < -0.4 is 10.6 Å². The van der Waals surface area contributed by atoms with E-state index in [4.69, 9.17) is 0 Å². The molecule has 0 aliphatic rings. The van der Waals surface area contributed by atoms with E-state index < -0.39 is 0 Å². The lowest BCUT2D eigenvalue weighted by Crippen LogP contribution is -2.16. The van der Waals surface area contributed by atoms with Crippen LogP contribution in [-0.4, -0.2) is 48.6 Å². The number of aromatic nitrogens is 2. The zero-order chi connectivity index (χ0) is 11.8. The maximum atomic E-state index is 4.16. The second kappa shape index (κ2) is 7.00. The first-order valence-electron chi connectivity index (χ1n) is 5.67. The number of hydrogen-bond donors (Lipinski definition) is 2. The quantitative estimate of drug-likeness (QED) is 0.682. The van der Waals surface area contributed by atoms with Gasteiger partial charge in [0.15, 0.2) is 0 Å². The molecule has 0 unspecified atom stereocenters. The molecule has 5 heteroatoms. The average molecular weight is 223 g/mol. The number of nitrogens with zero attached hydrogens (tertiary/aromatic N) is 3. The minimum absolute atomic E-state index is 0.868. The summed E-state index contributed by atoms with van der Waals surface area (Å²) in [4.78, 5) is 10.4. The third kappa shape index (κ3) is 4.93. The maximum Gasteiger partial charge on any atom is 0.131 e. The smallest absolute Gasteiger partial charge is 0.131 e. The Labute approximate surface area is 97.3 Å². The number of hydrogen-bond acceptors (Lipinski definition) is 5. The summed E-state index contributed by atoms with van der Waals surface area (Å²) in [7, 11) is 4.15. The van der Waals surface area contributed by atoms with Crippen molar-refractivity contribution in [2.45, 2.75) is 13.3 Å². The van der Waals surface area contributed by atoms with Crippen LogP contribution >= 0.6 is 0 Å². The highest BCUT2D eigenvalue weighted by Gasteiger charge is 1.97. The van der Waals surface area contributed by atoms with Gasteiger partial charge in [-0.1, -0.05) is 0 Å². The fourth-order valence-electron chi connectivity index (χ4n) is 1.34. The Hall–Kier alpha value is -1.36. The normalized spacial score (nSPS) is 10.5. The van der Waals surface area contributed by atoms with E-state index in [1.54, 1.807) is 6.33 Å². The van der Waals surface area contributed by atoms with Crippen molar-refractivity contribution in [1.82, 2.24) is 14.9 Å². The average Bonchev–Trinajstić information content (AvgIpc) is 2.25. The first-order chi connectivity index (χ1) is 7.72. The van der Waals surface area contributed by atoms with Crippen molar-refractivity contribution in [3.05, 3.63) is 12.4 Å². The highest BCUT2D eigenvalue weighted by atomic mass is 15.1. The fraction of sp³-hybridized carbons (Fsp3) is 0.636. The Bertz CT molecular complexity index is 300. The third-order valence-electron chi connectivity index (χ3n) is 2.11. The molecular formula is C11H21N5. The Morgan fingerprint density at radius 1 is 1.19 bits per heavy atom. The molecule has 90 valence electrons. The van der Waals surface area contributed by atoms with Gasteiger partial charge in [-0.2, -0.15) is 0 Å². The van der Waals surface area contributed by atoms with Crippen LogP contribution in [0.3, 0.4) is 0 Å². The summed E-state index contributed by atoms with van der Waals surface area (Å²) in [6, 6.07) is 1.93. The molecule has 0 aromatic carbocycles. The zero-order valence-electron chi connectivity index (χ0n) is 10.3. The lowest BCUT2D eigenvalue weighted by molar-refractivity contribution is 0.405. The van der Waals surface area contributed by atoms with Crippen molar-refractivity contribution in [3.63, 3.8) is 0 Å². The summed E-state index contributed by atoms with van der Waals surface area (Å²) in [6.45, 7) is 4.93. The van der Waals surface area contributed by atoms with E-state index in [-0.39, 0.29) is 0 Å². The summed E-state index contributed by atoms with van der Waals surface area (Å²) in [5, 5.41) is 6.44. The summed E-state index contributed by atoms with van der Waals surface area (Å²) >= 11 is 0. The predicted molar refractivity (Wildman–Crippen MR) is 67.9 cm³/mol. The lowest BCUT2D eigenvalue weighted by atomic mass is 10.4. The second-order valence-corrected chi connectivity index (χ2v) is 3.90. The Morgan fingerprint density at radius 3 is 2.50 bits per heavy atom. The van der Waals surface area contributed by atoms with Crippen LogP contribution in [0.15, 0.2) is 12.4 Å². The van der Waals surface area contributed by atoms with Crippen LogP contribution in [-0.2, 0) is 0 Å². The number of anilines is 2. The summed E-state index contributed by atoms with van der Waals surface area (Å²) < 4.78 is 0. The molecule has 5 nitrogen and oxygen atoms in total. The van der Waals surface area contributed by atoms with Gasteiger partial charge in [-0.15, -0.1) is 0 Å². The zero-order valence-corrected chi connectivity index (χ0v) is 10.3. The van der Waals surface area contributed by atoms with Gasteiger partial charge < -0.3 is 15.5 Å². The first-order valence-corrected chi connectivity index (χ1v) is 5.67. The van der Waals surface area contributed by atoms with E-state index in [0.717, 1.165) is 37.7 Å². The molecule has 1 aromatic heterocycles. The molecule has 2 N–H and O–H groups in total. The van der Waals surface area contributed by atoms with Gasteiger partial charge in [-0.3, -0.25) is 0 Å². The maximum absolute atomic E-state index is 4.16. The van der Waals surface area contributed by atoms with Crippen molar-refractivity contribution in [2.24, 2.45) is 0 Å². The molecule has 0 aliphatic carbocycles. The lowest BCUT2D eigenvalue weighted by Gasteiger charge is -2.10. The molecule has 0 saturated carbocycles. The number of nitrogens with one attached hydrogen (secondary N) is 2. The van der Waals surface area contributed by atoms with Crippen LogP contribution in [0.1, 0.15) is 13.3 Å². The van der Waals surface area contributed by atoms with Crippen LogP contribution in [0, 0.1) is 0 Å². The molecule has 0 spiro atoms. The first kappa shape index (κ1) is 12.7. The van der Waals surface area contributed by atoms with E-state index in [1.165, 1.54) is 0 Å². The van der Waals surface area contributed by atoms with Crippen LogP contribution in [0.5, 0.6) is 0 Å². The van der Waals surface area contributed by atoms with Gasteiger partial charge in [-0.05, 0) is 34.0 Å². The molecule has 0 atom stereocenters. The van der Waals surface area contributed by atoms with Gasteiger partial charge in [0, 0.05) is 19.2 Å². The molecule has 0 radical (unpaired) electrons. The number of rotatable bonds is 7. The minimum Gasteiger partial charge on any atom is -0.370 e. The Balaban J connectivity index is 2.33. The summed E-state index contributed by atoms with van der Waals surface area (Å²) in [5.74, 6) is 1.75. The van der Waals surface area contributed by atoms with Crippen molar-refractivity contribution in [3.8, 4) is 0 Å². The van der Waals surface area contributed by atoms with Gasteiger partial charge in [0.2, 0.25) is 0 Å². The van der Waals surface area contributed by atoms with Crippen LogP contribution in [0.2, 0.25) is 0 Å². The van der Waals surface area contributed by atoms with Crippen molar-refractivity contribution >= 4 is 11.6 Å². The monoisotopic (exact) mass is 223 g/mol. The predicted octanol–water partition coefficient (Wildman–Crippen LogP) is 1.27. The van der Waals surface area contributed by atoms with E-state index in [1.807, 2.05) is 13.0 Å². The fourth-order valence-corrected chi connectivity index (χ4v) is 1.34. The van der Waals surface area contributed by atoms with E-state index >= 15 is 0 Å². The van der Waals surface area contributed by atoms with E-state index in [2.05, 4.69) is 39.6 Å². The molecule has 1 rings (SSSR count). The van der Waals surface area contributed by atoms with Gasteiger partial charge in [-0.25, -0.2) is 9.97 Å². The molecule has 1 aromatic rings.